The first kappa shape index (κ1) is 17.9. The van der Waals surface area contributed by atoms with E-state index in [0.29, 0.717) is 0 Å². The third kappa shape index (κ3) is 3.77. The van der Waals surface area contributed by atoms with Gasteiger partial charge in [0, 0.05) is 11.8 Å². The number of hydrogen-bond acceptors (Lipinski definition) is 2. The maximum absolute atomic E-state index is 9.79. The third-order valence-electron chi connectivity index (χ3n) is 5.16. The molecule has 0 atom stereocenters. The molecule has 0 saturated heterocycles. The molecule has 0 aromatic heterocycles. The summed E-state index contributed by atoms with van der Waals surface area (Å²) in [5, 5.41) is 19.6. The SMILES string of the molecule is Oc1ccc(C(c2ccc(O)cc2)C(c2ccccc2)c2ccccc2)cc1. The fraction of sp³-hybridized carbons (Fsp3) is 0.0769. The molecular weight excluding hydrogens is 344 g/mol. The molecule has 2 N–H and O–H groups in total. The Morgan fingerprint density at radius 2 is 0.643 bits per heavy atom. The van der Waals surface area contributed by atoms with Crippen LogP contribution < -0.4 is 0 Å². The van der Waals surface area contributed by atoms with Crippen molar-refractivity contribution < 1.29 is 10.2 Å². The third-order valence-corrected chi connectivity index (χ3v) is 5.16. The van der Waals surface area contributed by atoms with Gasteiger partial charge in [-0.2, -0.15) is 0 Å². The van der Waals surface area contributed by atoms with Crippen LogP contribution in [0.3, 0.4) is 0 Å². The van der Waals surface area contributed by atoms with E-state index in [4.69, 9.17) is 0 Å². The van der Waals surface area contributed by atoms with Crippen molar-refractivity contribution in [2.45, 2.75) is 11.8 Å². The van der Waals surface area contributed by atoms with Gasteiger partial charge in [-0.15, -0.1) is 0 Å². The Balaban J connectivity index is 1.93. The minimum Gasteiger partial charge on any atom is -0.508 e. The van der Waals surface area contributed by atoms with Crippen LogP contribution in [0.5, 0.6) is 11.5 Å². The van der Waals surface area contributed by atoms with Gasteiger partial charge in [-0.25, -0.2) is 0 Å². The van der Waals surface area contributed by atoms with Gasteiger partial charge in [-0.1, -0.05) is 84.9 Å². The van der Waals surface area contributed by atoms with Gasteiger partial charge in [0.15, 0.2) is 0 Å². The molecular formula is C26H22O2. The molecule has 0 aliphatic carbocycles. The van der Waals surface area contributed by atoms with Gasteiger partial charge in [0.05, 0.1) is 0 Å². The van der Waals surface area contributed by atoms with E-state index >= 15 is 0 Å². The average Bonchev–Trinajstić information content (AvgIpc) is 2.75. The summed E-state index contributed by atoms with van der Waals surface area (Å²) in [6, 6.07) is 35.8. The number of rotatable bonds is 5. The second-order valence-electron chi connectivity index (χ2n) is 6.96. The molecule has 0 unspecified atom stereocenters. The minimum atomic E-state index is 0.0333. The molecule has 2 heteroatoms. The highest BCUT2D eigenvalue weighted by atomic mass is 16.3. The first-order valence-corrected chi connectivity index (χ1v) is 9.40. The van der Waals surface area contributed by atoms with Crippen molar-refractivity contribution in [3.05, 3.63) is 131 Å². The standard InChI is InChI=1S/C26H22O2/c27-23-15-11-21(12-16-23)26(22-13-17-24(28)18-14-22)25(19-7-3-1-4-8-19)20-9-5-2-6-10-20/h1-18,25-28H. The molecule has 0 amide bonds. The van der Waals surface area contributed by atoms with Crippen LogP contribution >= 0.6 is 0 Å². The summed E-state index contributed by atoms with van der Waals surface area (Å²) < 4.78 is 0. The van der Waals surface area contributed by atoms with Crippen molar-refractivity contribution in [3.8, 4) is 11.5 Å². The van der Waals surface area contributed by atoms with Crippen molar-refractivity contribution in [1.82, 2.24) is 0 Å². The smallest absolute Gasteiger partial charge is 0.115 e. The number of hydrogen-bond donors (Lipinski definition) is 2. The monoisotopic (exact) mass is 366 g/mol. The van der Waals surface area contributed by atoms with Crippen LogP contribution in [0.1, 0.15) is 34.1 Å². The van der Waals surface area contributed by atoms with Crippen molar-refractivity contribution in [2.75, 3.05) is 0 Å². The molecule has 0 spiro atoms. The Labute approximate surface area is 165 Å². The zero-order valence-corrected chi connectivity index (χ0v) is 15.4. The highest BCUT2D eigenvalue weighted by molar-refractivity contribution is 5.46. The molecule has 0 heterocycles. The number of phenols is 2. The molecule has 0 bridgehead atoms. The molecule has 4 rings (SSSR count). The molecule has 0 radical (unpaired) electrons. The van der Waals surface area contributed by atoms with E-state index in [-0.39, 0.29) is 23.3 Å². The Morgan fingerprint density at radius 3 is 0.964 bits per heavy atom. The second-order valence-corrected chi connectivity index (χ2v) is 6.96. The topological polar surface area (TPSA) is 40.5 Å². The van der Waals surface area contributed by atoms with Crippen molar-refractivity contribution >= 4 is 0 Å². The Bertz CT molecular complexity index is 922. The zero-order chi connectivity index (χ0) is 19.3. The van der Waals surface area contributed by atoms with Crippen molar-refractivity contribution in [1.29, 1.82) is 0 Å². The number of phenolic OH excluding ortho intramolecular Hbond substituents is 2. The summed E-state index contributed by atoms with van der Waals surface area (Å²) in [5.41, 5.74) is 4.67. The summed E-state index contributed by atoms with van der Waals surface area (Å²) in [4.78, 5) is 0. The predicted molar refractivity (Wildman–Crippen MR) is 113 cm³/mol. The molecule has 4 aromatic carbocycles. The Kier molecular flexibility index (Phi) is 5.11. The Hall–Kier alpha value is -3.52. The van der Waals surface area contributed by atoms with Gasteiger partial charge < -0.3 is 10.2 Å². The lowest BCUT2D eigenvalue weighted by atomic mass is 9.74. The van der Waals surface area contributed by atoms with E-state index in [2.05, 4.69) is 48.5 Å². The lowest BCUT2D eigenvalue weighted by Crippen LogP contribution is -2.14. The van der Waals surface area contributed by atoms with E-state index < -0.39 is 0 Å². The number of benzene rings is 4. The van der Waals surface area contributed by atoms with Crippen LogP contribution in [0.2, 0.25) is 0 Å². The molecule has 2 nitrogen and oxygen atoms in total. The molecule has 28 heavy (non-hydrogen) atoms. The summed E-state index contributed by atoms with van der Waals surface area (Å²) in [5.74, 6) is 0.635. The first-order chi connectivity index (χ1) is 13.7. The van der Waals surface area contributed by atoms with Gasteiger partial charge >= 0.3 is 0 Å². The molecule has 0 saturated carbocycles. The summed E-state index contributed by atoms with van der Waals surface area (Å²) in [6.45, 7) is 0. The average molecular weight is 366 g/mol. The largest absolute Gasteiger partial charge is 0.508 e. The highest BCUT2D eigenvalue weighted by Gasteiger charge is 2.28. The van der Waals surface area contributed by atoms with E-state index in [1.165, 1.54) is 11.1 Å². The van der Waals surface area contributed by atoms with Crippen LogP contribution in [-0.2, 0) is 0 Å². The molecule has 0 fully saturated rings. The second kappa shape index (κ2) is 8.01. The van der Waals surface area contributed by atoms with E-state index in [1.54, 1.807) is 24.3 Å². The summed E-state index contributed by atoms with van der Waals surface area (Å²) in [6.07, 6.45) is 0. The lowest BCUT2D eigenvalue weighted by Gasteiger charge is -2.29. The predicted octanol–water partition coefficient (Wildman–Crippen LogP) is 6.06. The fourth-order valence-electron chi connectivity index (χ4n) is 3.84. The maximum Gasteiger partial charge on any atom is 0.115 e. The number of aromatic hydroxyl groups is 2. The van der Waals surface area contributed by atoms with Crippen LogP contribution in [0.15, 0.2) is 109 Å². The highest BCUT2D eigenvalue weighted by Crippen LogP contribution is 2.43. The zero-order valence-electron chi connectivity index (χ0n) is 15.4. The van der Waals surface area contributed by atoms with E-state index in [1.807, 2.05) is 36.4 Å². The fourth-order valence-corrected chi connectivity index (χ4v) is 3.84. The van der Waals surface area contributed by atoms with Gasteiger partial charge in [0.25, 0.3) is 0 Å². The normalized spacial score (nSPS) is 11.1. The molecule has 0 aliphatic heterocycles. The van der Waals surface area contributed by atoms with Gasteiger partial charge in [0.1, 0.15) is 11.5 Å². The van der Waals surface area contributed by atoms with E-state index in [0.717, 1.165) is 11.1 Å². The maximum atomic E-state index is 9.79. The van der Waals surface area contributed by atoms with Crippen LogP contribution in [0, 0.1) is 0 Å². The van der Waals surface area contributed by atoms with Crippen molar-refractivity contribution in [3.63, 3.8) is 0 Å². The van der Waals surface area contributed by atoms with Gasteiger partial charge in [0.2, 0.25) is 0 Å². The Morgan fingerprint density at radius 1 is 0.357 bits per heavy atom. The summed E-state index contributed by atoms with van der Waals surface area (Å²) in [7, 11) is 0. The van der Waals surface area contributed by atoms with Crippen molar-refractivity contribution in [2.24, 2.45) is 0 Å². The summed E-state index contributed by atoms with van der Waals surface area (Å²) >= 11 is 0. The lowest BCUT2D eigenvalue weighted by molar-refractivity contribution is 0.475. The van der Waals surface area contributed by atoms with Crippen LogP contribution in [0.4, 0.5) is 0 Å². The minimum absolute atomic E-state index is 0.0333. The molecule has 138 valence electrons. The van der Waals surface area contributed by atoms with Gasteiger partial charge in [-0.3, -0.25) is 0 Å². The van der Waals surface area contributed by atoms with Crippen LogP contribution in [-0.4, -0.2) is 10.2 Å². The van der Waals surface area contributed by atoms with Crippen LogP contribution in [0.25, 0.3) is 0 Å². The molecule has 4 aromatic rings. The first-order valence-electron chi connectivity index (χ1n) is 9.40. The molecule has 0 aliphatic rings. The quantitative estimate of drug-likeness (QED) is 0.450. The van der Waals surface area contributed by atoms with Gasteiger partial charge in [-0.05, 0) is 46.5 Å². The van der Waals surface area contributed by atoms with E-state index in [9.17, 15) is 10.2 Å².